The molecule has 1 aromatic carbocycles. The summed E-state index contributed by atoms with van der Waals surface area (Å²) in [6, 6.07) is 9.31. The molecule has 1 saturated carbocycles. The predicted octanol–water partition coefficient (Wildman–Crippen LogP) is 3.88. The summed E-state index contributed by atoms with van der Waals surface area (Å²) in [5.41, 5.74) is 2.69. The zero-order valence-corrected chi connectivity index (χ0v) is 11.8. The molecule has 2 atom stereocenters. The fourth-order valence-corrected chi connectivity index (χ4v) is 3.35. The van der Waals surface area contributed by atoms with Gasteiger partial charge in [-0.3, -0.25) is 0 Å². The van der Waals surface area contributed by atoms with Crippen molar-refractivity contribution in [3.8, 4) is 0 Å². The van der Waals surface area contributed by atoms with Crippen LogP contribution in [-0.4, -0.2) is 17.6 Å². The van der Waals surface area contributed by atoms with Crippen LogP contribution in [0.1, 0.15) is 38.2 Å². The van der Waals surface area contributed by atoms with E-state index in [0.717, 1.165) is 24.9 Å². The van der Waals surface area contributed by atoms with Crippen molar-refractivity contribution in [3.05, 3.63) is 36.0 Å². The van der Waals surface area contributed by atoms with Crippen molar-refractivity contribution >= 4 is 10.9 Å². The standard InChI is InChI=1S/C17H24N2/c1-13-6-2-4-8-16(13)18-11-10-14-12-19-17-9-5-3-7-15(14)17/h3,5,7,9,12-13,16,18-19H,2,4,6,8,10-11H2,1H3/t13-,16+/m0/s1. The summed E-state index contributed by atoms with van der Waals surface area (Å²) in [7, 11) is 0. The highest BCUT2D eigenvalue weighted by molar-refractivity contribution is 5.83. The maximum Gasteiger partial charge on any atom is 0.0456 e. The highest BCUT2D eigenvalue weighted by Gasteiger charge is 2.20. The largest absolute Gasteiger partial charge is 0.361 e. The van der Waals surface area contributed by atoms with Crippen molar-refractivity contribution < 1.29 is 0 Å². The van der Waals surface area contributed by atoms with Gasteiger partial charge in [-0.25, -0.2) is 0 Å². The molecule has 3 rings (SSSR count). The van der Waals surface area contributed by atoms with Gasteiger partial charge in [-0.15, -0.1) is 0 Å². The van der Waals surface area contributed by atoms with Crippen molar-refractivity contribution in [2.24, 2.45) is 5.92 Å². The molecule has 2 N–H and O–H groups in total. The van der Waals surface area contributed by atoms with Crippen LogP contribution < -0.4 is 5.32 Å². The van der Waals surface area contributed by atoms with Crippen molar-refractivity contribution in [3.63, 3.8) is 0 Å². The number of nitrogens with one attached hydrogen (secondary N) is 2. The van der Waals surface area contributed by atoms with Crippen molar-refractivity contribution in [2.75, 3.05) is 6.54 Å². The SMILES string of the molecule is C[C@H]1CCCC[C@H]1NCCc1c[nH]c2ccccc12. The molecule has 102 valence electrons. The van der Waals surface area contributed by atoms with E-state index in [1.807, 2.05) is 0 Å². The number of hydrogen-bond donors (Lipinski definition) is 2. The highest BCUT2D eigenvalue weighted by Crippen LogP contribution is 2.24. The molecule has 0 unspecified atom stereocenters. The number of benzene rings is 1. The molecule has 0 amide bonds. The lowest BCUT2D eigenvalue weighted by molar-refractivity contribution is 0.282. The average Bonchev–Trinajstić information content (AvgIpc) is 2.85. The van der Waals surface area contributed by atoms with E-state index in [0.29, 0.717) is 0 Å². The molecule has 0 saturated heterocycles. The lowest BCUT2D eigenvalue weighted by atomic mass is 9.86. The van der Waals surface area contributed by atoms with Crippen molar-refractivity contribution in [2.45, 2.75) is 45.1 Å². The summed E-state index contributed by atoms with van der Waals surface area (Å²) in [5.74, 6) is 0.844. The molecule has 0 bridgehead atoms. The van der Waals surface area contributed by atoms with Gasteiger partial charge in [0.25, 0.3) is 0 Å². The van der Waals surface area contributed by atoms with E-state index in [1.54, 1.807) is 0 Å². The van der Waals surface area contributed by atoms with Crippen LogP contribution in [0.5, 0.6) is 0 Å². The van der Waals surface area contributed by atoms with E-state index in [4.69, 9.17) is 0 Å². The highest BCUT2D eigenvalue weighted by atomic mass is 14.9. The van der Waals surface area contributed by atoms with Crippen molar-refractivity contribution in [1.82, 2.24) is 10.3 Å². The topological polar surface area (TPSA) is 27.8 Å². The molecule has 0 aliphatic heterocycles. The first-order valence-electron chi connectivity index (χ1n) is 7.63. The molecule has 1 fully saturated rings. The third kappa shape index (κ3) is 2.84. The van der Waals surface area contributed by atoms with E-state index >= 15 is 0 Å². The Kier molecular flexibility index (Phi) is 3.88. The normalized spacial score (nSPS) is 23.8. The monoisotopic (exact) mass is 256 g/mol. The molecule has 2 nitrogen and oxygen atoms in total. The lowest BCUT2D eigenvalue weighted by Gasteiger charge is -2.29. The molecular formula is C17H24N2. The maximum absolute atomic E-state index is 3.76. The molecule has 0 spiro atoms. The van der Waals surface area contributed by atoms with Gasteiger partial charge in [0.2, 0.25) is 0 Å². The zero-order chi connectivity index (χ0) is 13.1. The Balaban J connectivity index is 1.57. The van der Waals surface area contributed by atoms with E-state index in [-0.39, 0.29) is 0 Å². The number of aromatic amines is 1. The molecular weight excluding hydrogens is 232 g/mol. The summed E-state index contributed by atoms with van der Waals surface area (Å²) in [6.45, 7) is 3.49. The quantitative estimate of drug-likeness (QED) is 0.853. The summed E-state index contributed by atoms with van der Waals surface area (Å²) in [4.78, 5) is 3.36. The van der Waals surface area contributed by atoms with E-state index in [2.05, 4.69) is 47.7 Å². The first-order chi connectivity index (χ1) is 9.34. The van der Waals surface area contributed by atoms with Gasteiger partial charge in [-0.1, -0.05) is 38.0 Å². The minimum atomic E-state index is 0.735. The Morgan fingerprint density at radius 2 is 2.05 bits per heavy atom. The lowest BCUT2D eigenvalue weighted by Crippen LogP contribution is -2.38. The number of aromatic nitrogens is 1. The second-order valence-electron chi connectivity index (χ2n) is 5.93. The minimum absolute atomic E-state index is 0.735. The molecule has 2 aromatic rings. The van der Waals surface area contributed by atoms with Gasteiger partial charge in [0.1, 0.15) is 0 Å². The minimum Gasteiger partial charge on any atom is -0.361 e. The third-order valence-electron chi connectivity index (χ3n) is 4.59. The molecule has 1 aliphatic rings. The van der Waals surface area contributed by atoms with Gasteiger partial charge in [-0.05, 0) is 43.4 Å². The van der Waals surface area contributed by atoms with Crippen LogP contribution in [0.15, 0.2) is 30.5 Å². The van der Waals surface area contributed by atoms with Crippen LogP contribution in [0, 0.1) is 5.92 Å². The first kappa shape index (κ1) is 12.7. The Labute approximate surface area is 115 Å². The predicted molar refractivity (Wildman–Crippen MR) is 81.4 cm³/mol. The van der Waals surface area contributed by atoms with Gasteiger partial charge in [0, 0.05) is 23.1 Å². The summed E-state index contributed by atoms with van der Waals surface area (Å²) < 4.78 is 0. The Morgan fingerprint density at radius 1 is 1.21 bits per heavy atom. The second kappa shape index (κ2) is 5.79. The van der Waals surface area contributed by atoms with Gasteiger partial charge in [0.15, 0.2) is 0 Å². The summed E-state index contributed by atoms with van der Waals surface area (Å²) >= 11 is 0. The van der Waals surface area contributed by atoms with Crippen LogP contribution in [0.2, 0.25) is 0 Å². The summed E-state index contributed by atoms with van der Waals surface area (Å²) in [5, 5.41) is 5.14. The average molecular weight is 256 g/mol. The third-order valence-corrected chi connectivity index (χ3v) is 4.59. The molecule has 1 heterocycles. The fourth-order valence-electron chi connectivity index (χ4n) is 3.35. The molecule has 1 aromatic heterocycles. The van der Waals surface area contributed by atoms with Crippen LogP contribution in [0.25, 0.3) is 10.9 Å². The molecule has 19 heavy (non-hydrogen) atoms. The Hall–Kier alpha value is -1.28. The maximum atomic E-state index is 3.76. The molecule has 0 radical (unpaired) electrons. The number of H-pyrrole nitrogens is 1. The number of rotatable bonds is 4. The first-order valence-corrected chi connectivity index (χ1v) is 7.63. The van der Waals surface area contributed by atoms with Crippen LogP contribution in [-0.2, 0) is 6.42 Å². The smallest absolute Gasteiger partial charge is 0.0456 e. The molecule has 2 heteroatoms. The Bertz CT molecular complexity index is 529. The van der Waals surface area contributed by atoms with Gasteiger partial charge < -0.3 is 10.3 Å². The van der Waals surface area contributed by atoms with Gasteiger partial charge >= 0.3 is 0 Å². The number of para-hydroxylation sites is 1. The van der Waals surface area contributed by atoms with Crippen LogP contribution in [0.4, 0.5) is 0 Å². The number of fused-ring (bicyclic) bond motifs is 1. The fraction of sp³-hybridized carbons (Fsp3) is 0.529. The van der Waals surface area contributed by atoms with Crippen LogP contribution in [0.3, 0.4) is 0 Å². The summed E-state index contributed by atoms with van der Waals surface area (Å²) in [6.07, 6.45) is 8.85. The van der Waals surface area contributed by atoms with Gasteiger partial charge in [0.05, 0.1) is 0 Å². The molecule has 1 aliphatic carbocycles. The zero-order valence-electron chi connectivity index (χ0n) is 11.8. The van der Waals surface area contributed by atoms with E-state index in [9.17, 15) is 0 Å². The van der Waals surface area contributed by atoms with Crippen molar-refractivity contribution in [1.29, 1.82) is 0 Å². The second-order valence-corrected chi connectivity index (χ2v) is 5.93. The van der Waals surface area contributed by atoms with E-state index < -0.39 is 0 Å². The van der Waals surface area contributed by atoms with E-state index in [1.165, 1.54) is 42.1 Å². The number of hydrogen-bond acceptors (Lipinski definition) is 1. The Morgan fingerprint density at radius 3 is 2.95 bits per heavy atom. The van der Waals surface area contributed by atoms with Gasteiger partial charge in [-0.2, -0.15) is 0 Å². The van der Waals surface area contributed by atoms with Crippen LogP contribution >= 0.6 is 0 Å².